The Morgan fingerprint density at radius 2 is 1.85 bits per heavy atom. The van der Waals surface area contributed by atoms with Crippen molar-refractivity contribution in [3.63, 3.8) is 0 Å². The number of halogens is 1. The van der Waals surface area contributed by atoms with Crippen LogP contribution in [-0.4, -0.2) is 70.8 Å². The van der Waals surface area contributed by atoms with E-state index in [1.54, 1.807) is 11.0 Å². The summed E-state index contributed by atoms with van der Waals surface area (Å²) in [5, 5.41) is 0.850. The van der Waals surface area contributed by atoms with Crippen LogP contribution in [0.25, 0.3) is 10.9 Å². The van der Waals surface area contributed by atoms with E-state index in [9.17, 15) is 14.0 Å². The second kappa shape index (κ2) is 9.35. The number of aromatic nitrogens is 1. The zero-order valence-corrected chi connectivity index (χ0v) is 18.7. The minimum absolute atomic E-state index is 0.0297. The molecule has 1 atom stereocenters. The van der Waals surface area contributed by atoms with E-state index in [1.807, 2.05) is 17.2 Å². The number of nitrogens with zero attached hydrogens (tertiary/aromatic N) is 3. The third-order valence-electron chi connectivity index (χ3n) is 6.88. The smallest absolute Gasteiger partial charge is 0.228 e. The van der Waals surface area contributed by atoms with Crippen molar-refractivity contribution in [2.45, 2.75) is 19.4 Å². The van der Waals surface area contributed by atoms with Gasteiger partial charge in [-0.3, -0.25) is 14.5 Å². The minimum Gasteiger partial charge on any atom is -0.361 e. The normalized spacial score (nSPS) is 19.5. The van der Waals surface area contributed by atoms with Crippen molar-refractivity contribution in [1.29, 1.82) is 0 Å². The summed E-state index contributed by atoms with van der Waals surface area (Å²) >= 11 is 0. The van der Waals surface area contributed by atoms with E-state index in [0.29, 0.717) is 32.6 Å². The summed E-state index contributed by atoms with van der Waals surface area (Å²) < 4.78 is 13.6. The maximum absolute atomic E-state index is 13.6. The number of rotatable bonds is 6. The minimum atomic E-state index is -0.268. The Hall–Kier alpha value is -3.19. The molecule has 2 amide bonds. The van der Waals surface area contributed by atoms with Crippen molar-refractivity contribution in [2.24, 2.45) is 5.92 Å². The fraction of sp³-hybridized carbons (Fsp3) is 0.385. The number of aromatic amines is 1. The summed E-state index contributed by atoms with van der Waals surface area (Å²) in [6.07, 6.45) is 2.79. The molecule has 0 aliphatic carbocycles. The fourth-order valence-corrected chi connectivity index (χ4v) is 4.99. The first-order valence-corrected chi connectivity index (χ1v) is 11.6. The van der Waals surface area contributed by atoms with E-state index >= 15 is 0 Å². The van der Waals surface area contributed by atoms with Crippen LogP contribution in [0.1, 0.15) is 17.5 Å². The number of benzene rings is 2. The summed E-state index contributed by atoms with van der Waals surface area (Å²) in [5.41, 5.74) is 3.16. The van der Waals surface area contributed by atoms with Gasteiger partial charge in [-0.15, -0.1) is 0 Å². The highest BCUT2D eigenvalue weighted by molar-refractivity contribution is 5.89. The molecule has 2 aromatic carbocycles. The predicted octanol–water partition coefficient (Wildman–Crippen LogP) is 3.04. The molecule has 33 heavy (non-hydrogen) atoms. The average molecular weight is 449 g/mol. The van der Waals surface area contributed by atoms with E-state index in [4.69, 9.17) is 0 Å². The van der Waals surface area contributed by atoms with Crippen molar-refractivity contribution in [2.75, 3.05) is 39.3 Å². The van der Waals surface area contributed by atoms with Crippen LogP contribution in [0.2, 0.25) is 0 Å². The van der Waals surface area contributed by atoms with Gasteiger partial charge in [0.05, 0.1) is 5.92 Å². The molecular weight excluding hydrogens is 419 g/mol. The lowest BCUT2D eigenvalue weighted by atomic mass is 10.1. The van der Waals surface area contributed by atoms with Crippen LogP contribution in [0, 0.1) is 11.7 Å². The van der Waals surface area contributed by atoms with Gasteiger partial charge >= 0.3 is 0 Å². The van der Waals surface area contributed by atoms with Crippen LogP contribution in [0.5, 0.6) is 0 Å². The van der Waals surface area contributed by atoms with Crippen molar-refractivity contribution in [3.05, 3.63) is 71.7 Å². The lowest BCUT2D eigenvalue weighted by Crippen LogP contribution is -2.50. The number of carbonyl (C=O) groups is 2. The second-order valence-corrected chi connectivity index (χ2v) is 9.08. The summed E-state index contributed by atoms with van der Waals surface area (Å²) in [4.78, 5) is 34.9. The number of fused-ring (bicyclic) bond motifs is 1. The number of H-pyrrole nitrogens is 1. The lowest BCUT2D eigenvalue weighted by molar-refractivity contribution is -0.137. The zero-order chi connectivity index (χ0) is 22.8. The first kappa shape index (κ1) is 21.6. The number of nitrogens with one attached hydrogen (secondary N) is 1. The van der Waals surface area contributed by atoms with Gasteiger partial charge in [-0.25, -0.2) is 4.39 Å². The highest BCUT2D eigenvalue weighted by Gasteiger charge is 2.37. The third-order valence-corrected chi connectivity index (χ3v) is 6.88. The second-order valence-electron chi connectivity index (χ2n) is 9.08. The Morgan fingerprint density at radius 1 is 1.06 bits per heavy atom. The van der Waals surface area contributed by atoms with Gasteiger partial charge in [0.25, 0.3) is 0 Å². The van der Waals surface area contributed by atoms with Gasteiger partial charge in [0.15, 0.2) is 0 Å². The van der Waals surface area contributed by atoms with Gasteiger partial charge in [0.1, 0.15) is 5.82 Å². The Balaban J connectivity index is 1.13. The molecule has 2 saturated heterocycles. The van der Waals surface area contributed by atoms with Crippen LogP contribution < -0.4 is 0 Å². The highest BCUT2D eigenvalue weighted by atomic mass is 19.1. The third kappa shape index (κ3) is 4.78. The van der Waals surface area contributed by atoms with E-state index in [1.165, 1.54) is 17.7 Å². The maximum atomic E-state index is 13.6. The Kier molecular flexibility index (Phi) is 6.13. The van der Waals surface area contributed by atoms with Gasteiger partial charge in [-0.05, 0) is 35.7 Å². The molecule has 2 aliphatic heterocycles. The van der Waals surface area contributed by atoms with Crippen molar-refractivity contribution in [3.8, 4) is 0 Å². The fourth-order valence-electron chi connectivity index (χ4n) is 4.99. The van der Waals surface area contributed by atoms with E-state index in [2.05, 4.69) is 34.1 Å². The van der Waals surface area contributed by atoms with Crippen molar-refractivity contribution < 1.29 is 14.0 Å². The molecule has 7 heteroatoms. The molecule has 172 valence electrons. The largest absolute Gasteiger partial charge is 0.361 e. The van der Waals surface area contributed by atoms with Gasteiger partial charge < -0.3 is 14.8 Å². The average Bonchev–Trinajstić information content (AvgIpc) is 3.41. The summed E-state index contributed by atoms with van der Waals surface area (Å²) in [7, 11) is 0. The molecule has 1 N–H and O–H groups in total. The maximum Gasteiger partial charge on any atom is 0.228 e. The van der Waals surface area contributed by atoms with Crippen LogP contribution in [0.4, 0.5) is 4.39 Å². The Labute approximate surface area is 193 Å². The monoisotopic (exact) mass is 448 g/mol. The Bertz CT molecular complexity index is 1140. The molecule has 5 rings (SSSR count). The molecule has 2 fully saturated rings. The first-order chi connectivity index (χ1) is 16.1. The van der Waals surface area contributed by atoms with Crippen LogP contribution in [-0.2, 0) is 22.6 Å². The molecule has 1 aromatic heterocycles. The number of hydrogen-bond donors (Lipinski definition) is 1. The van der Waals surface area contributed by atoms with Gasteiger partial charge in [-0.1, -0.05) is 30.3 Å². The number of hydrogen-bond acceptors (Lipinski definition) is 3. The van der Waals surface area contributed by atoms with E-state index in [-0.39, 0.29) is 30.0 Å². The zero-order valence-electron chi connectivity index (χ0n) is 18.7. The molecule has 0 saturated carbocycles. The standard InChI is InChI=1S/C26H29FN4O2/c27-22-6-7-24-23(15-22)20(16-28-24)8-9-31-18-21(14-25(31)32)26(33)30-12-10-29(11-13-30)17-19-4-2-1-3-5-19/h1-7,15-16,21,28H,8-14,17-18H2/t21-/m1/s1. The highest BCUT2D eigenvalue weighted by Crippen LogP contribution is 2.24. The number of likely N-dealkylation sites (tertiary alicyclic amines) is 1. The van der Waals surface area contributed by atoms with Gasteiger partial charge in [-0.2, -0.15) is 0 Å². The van der Waals surface area contributed by atoms with Crippen molar-refractivity contribution in [1.82, 2.24) is 19.7 Å². The molecule has 0 spiro atoms. The summed E-state index contributed by atoms with van der Waals surface area (Å²) in [5.74, 6) is -0.407. The molecule has 6 nitrogen and oxygen atoms in total. The number of carbonyl (C=O) groups excluding carboxylic acids is 2. The Morgan fingerprint density at radius 3 is 2.64 bits per heavy atom. The molecule has 0 unspecified atom stereocenters. The summed E-state index contributed by atoms with van der Waals surface area (Å²) in [6, 6.07) is 15.1. The van der Waals surface area contributed by atoms with E-state index < -0.39 is 0 Å². The quantitative estimate of drug-likeness (QED) is 0.631. The topological polar surface area (TPSA) is 59.7 Å². The molecular formula is C26H29FN4O2. The molecule has 0 radical (unpaired) electrons. The molecule has 0 bridgehead atoms. The lowest BCUT2D eigenvalue weighted by Gasteiger charge is -2.36. The number of piperazine rings is 1. The molecule has 3 aromatic rings. The van der Waals surface area contributed by atoms with Crippen molar-refractivity contribution >= 4 is 22.7 Å². The van der Waals surface area contributed by atoms with Crippen LogP contribution in [0.3, 0.4) is 0 Å². The summed E-state index contributed by atoms with van der Waals surface area (Å²) in [6.45, 7) is 5.02. The molecule has 2 aliphatic rings. The number of amides is 2. The SMILES string of the molecule is O=C1C[C@@H](C(=O)N2CCN(Cc3ccccc3)CC2)CN1CCc1c[nH]c2ccc(F)cc12. The van der Waals surface area contributed by atoms with Gasteiger partial charge in [0.2, 0.25) is 11.8 Å². The van der Waals surface area contributed by atoms with E-state index in [0.717, 1.165) is 36.1 Å². The first-order valence-electron chi connectivity index (χ1n) is 11.6. The van der Waals surface area contributed by atoms with Crippen LogP contribution in [0.15, 0.2) is 54.7 Å². The molecule has 3 heterocycles. The predicted molar refractivity (Wildman–Crippen MR) is 125 cm³/mol. The van der Waals surface area contributed by atoms with Gasteiger partial charge in [0, 0.05) is 69.3 Å². The van der Waals surface area contributed by atoms with Crippen LogP contribution >= 0.6 is 0 Å².